The van der Waals surface area contributed by atoms with Crippen molar-refractivity contribution in [2.75, 3.05) is 25.0 Å². The van der Waals surface area contributed by atoms with E-state index in [0.29, 0.717) is 18.6 Å². The molecule has 0 spiro atoms. The van der Waals surface area contributed by atoms with Gasteiger partial charge >= 0.3 is 0 Å². The summed E-state index contributed by atoms with van der Waals surface area (Å²) in [5, 5.41) is 7.63. The number of rotatable bonds is 6. The highest BCUT2D eigenvalue weighted by Gasteiger charge is 2.21. The van der Waals surface area contributed by atoms with Crippen LogP contribution in [0.4, 0.5) is 5.69 Å². The van der Waals surface area contributed by atoms with Crippen molar-refractivity contribution in [2.45, 2.75) is 45.7 Å². The minimum absolute atomic E-state index is 0.0495. The first kappa shape index (κ1) is 21.0. The Morgan fingerprint density at radius 1 is 1.17 bits per heavy atom. The SMILES string of the molecule is Cc1ccc2nc(-c3ccc(NC(=O)CN4CCC(NC(C)C)CC4)cc3)sc2c1. The summed E-state index contributed by atoms with van der Waals surface area (Å²) in [6.07, 6.45) is 2.20. The van der Waals surface area contributed by atoms with Gasteiger partial charge in [0.15, 0.2) is 0 Å². The number of fused-ring (bicyclic) bond motifs is 1. The molecule has 5 nitrogen and oxygen atoms in total. The number of thiazole rings is 1. The van der Waals surface area contributed by atoms with E-state index >= 15 is 0 Å². The molecule has 0 unspecified atom stereocenters. The maximum Gasteiger partial charge on any atom is 0.238 e. The molecule has 1 saturated heterocycles. The van der Waals surface area contributed by atoms with Crippen LogP contribution >= 0.6 is 11.3 Å². The number of benzene rings is 2. The van der Waals surface area contributed by atoms with Crippen LogP contribution in [0.2, 0.25) is 0 Å². The molecule has 1 aromatic heterocycles. The molecule has 1 aliphatic heterocycles. The molecule has 1 aliphatic rings. The summed E-state index contributed by atoms with van der Waals surface area (Å²) in [5.41, 5.74) is 4.19. The normalized spacial score (nSPS) is 15.7. The van der Waals surface area contributed by atoms with Crippen LogP contribution in [0.3, 0.4) is 0 Å². The summed E-state index contributed by atoms with van der Waals surface area (Å²) >= 11 is 1.70. The topological polar surface area (TPSA) is 57.3 Å². The number of anilines is 1. The fraction of sp³-hybridized carbons (Fsp3) is 0.417. The number of nitrogens with one attached hydrogen (secondary N) is 2. The number of likely N-dealkylation sites (tertiary alicyclic amines) is 1. The molecule has 1 fully saturated rings. The smallest absolute Gasteiger partial charge is 0.238 e. The van der Waals surface area contributed by atoms with Gasteiger partial charge in [-0.3, -0.25) is 9.69 Å². The fourth-order valence-corrected chi connectivity index (χ4v) is 5.05. The van der Waals surface area contributed by atoms with E-state index in [2.05, 4.69) is 54.5 Å². The van der Waals surface area contributed by atoms with E-state index in [9.17, 15) is 4.79 Å². The van der Waals surface area contributed by atoms with Crippen LogP contribution in [-0.4, -0.2) is 47.5 Å². The van der Waals surface area contributed by atoms with Gasteiger partial charge in [-0.25, -0.2) is 4.98 Å². The van der Waals surface area contributed by atoms with Gasteiger partial charge in [0.25, 0.3) is 0 Å². The van der Waals surface area contributed by atoms with Gasteiger partial charge in [-0.2, -0.15) is 0 Å². The molecule has 2 heterocycles. The summed E-state index contributed by atoms with van der Waals surface area (Å²) < 4.78 is 1.20. The summed E-state index contributed by atoms with van der Waals surface area (Å²) in [4.78, 5) is 19.4. The van der Waals surface area contributed by atoms with Crippen molar-refractivity contribution in [3.05, 3.63) is 48.0 Å². The number of nitrogens with zero attached hydrogens (tertiary/aromatic N) is 2. The van der Waals surface area contributed by atoms with Gasteiger partial charge < -0.3 is 10.6 Å². The second kappa shape index (κ2) is 9.25. The van der Waals surface area contributed by atoms with Gasteiger partial charge in [-0.05, 0) is 61.7 Å². The average molecular weight is 423 g/mol. The Hall–Kier alpha value is -2.28. The zero-order chi connectivity index (χ0) is 21.1. The molecule has 6 heteroatoms. The predicted octanol–water partition coefficient (Wildman–Crippen LogP) is 4.67. The predicted molar refractivity (Wildman–Crippen MR) is 126 cm³/mol. The maximum absolute atomic E-state index is 12.5. The van der Waals surface area contributed by atoms with Gasteiger partial charge in [0, 0.05) is 36.4 Å². The Balaban J connectivity index is 1.31. The number of piperidine rings is 1. The Morgan fingerprint density at radius 2 is 1.90 bits per heavy atom. The van der Waals surface area contributed by atoms with Gasteiger partial charge in [-0.1, -0.05) is 19.9 Å². The highest BCUT2D eigenvalue weighted by atomic mass is 32.1. The van der Waals surface area contributed by atoms with Gasteiger partial charge in [0.2, 0.25) is 5.91 Å². The summed E-state index contributed by atoms with van der Waals surface area (Å²) in [6.45, 7) is 8.85. The van der Waals surface area contributed by atoms with Crippen molar-refractivity contribution in [1.29, 1.82) is 0 Å². The molecular weight excluding hydrogens is 392 g/mol. The molecule has 0 atom stereocenters. The lowest BCUT2D eigenvalue weighted by Gasteiger charge is -2.32. The monoisotopic (exact) mass is 422 g/mol. The van der Waals surface area contributed by atoms with Crippen molar-refractivity contribution >= 4 is 33.1 Å². The molecule has 0 aliphatic carbocycles. The van der Waals surface area contributed by atoms with Crippen LogP contribution in [0, 0.1) is 6.92 Å². The molecule has 30 heavy (non-hydrogen) atoms. The number of hydrogen-bond acceptors (Lipinski definition) is 5. The molecule has 2 aromatic carbocycles. The second-order valence-corrected chi connectivity index (χ2v) is 9.52. The molecule has 3 aromatic rings. The van der Waals surface area contributed by atoms with Crippen LogP contribution in [0.25, 0.3) is 20.8 Å². The van der Waals surface area contributed by atoms with Gasteiger partial charge in [0.05, 0.1) is 16.8 Å². The first-order valence-corrected chi connectivity index (χ1v) is 11.5. The van der Waals surface area contributed by atoms with Crippen molar-refractivity contribution in [3.63, 3.8) is 0 Å². The van der Waals surface area contributed by atoms with Gasteiger partial charge in [0.1, 0.15) is 5.01 Å². The van der Waals surface area contributed by atoms with E-state index in [1.807, 2.05) is 24.3 Å². The van der Waals surface area contributed by atoms with Crippen molar-refractivity contribution in [1.82, 2.24) is 15.2 Å². The highest BCUT2D eigenvalue weighted by Crippen LogP contribution is 2.31. The largest absolute Gasteiger partial charge is 0.325 e. The zero-order valence-electron chi connectivity index (χ0n) is 17.9. The first-order valence-electron chi connectivity index (χ1n) is 10.7. The van der Waals surface area contributed by atoms with E-state index in [1.54, 1.807) is 11.3 Å². The number of amides is 1. The molecule has 158 valence electrons. The van der Waals surface area contributed by atoms with Crippen molar-refractivity contribution in [2.24, 2.45) is 0 Å². The number of aromatic nitrogens is 1. The molecule has 0 bridgehead atoms. The number of carbonyl (C=O) groups is 1. The number of aryl methyl sites for hydroxylation is 1. The summed E-state index contributed by atoms with van der Waals surface area (Å²) in [6, 6.07) is 15.4. The third-order valence-electron chi connectivity index (χ3n) is 5.48. The third kappa shape index (κ3) is 5.25. The lowest BCUT2D eigenvalue weighted by molar-refractivity contribution is -0.117. The van der Waals surface area contributed by atoms with E-state index in [-0.39, 0.29) is 5.91 Å². The number of hydrogen-bond donors (Lipinski definition) is 2. The minimum Gasteiger partial charge on any atom is -0.325 e. The van der Waals surface area contributed by atoms with Crippen molar-refractivity contribution in [3.8, 4) is 10.6 Å². The maximum atomic E-state index is 12.5. The minimum atomic E-state index is 0.0495. The van der Waals surface area contributed by atoms with E-state index in [0.717, 1.165) is 47.7 Å². The summed E-state index contributed by atoms with van der Waals surface area (Å²) in [5.74, 6) is 0.0495. The lowest BCUT2D eigenvalue weighted by atomic mass is 10.0. The highest BCUT2D eigenvalue weighted by molar-refractivity contribution is 7.21. The third-order valence-corrected chi connectivity index (χ3v) is 6.55. The fourth-order valence-electron chi connectivity index (χ4n) is 3.98. The molecular formula is C24H30N4OS. The Kier molecular flexibility index (Phi) is 6.46. The lowest BCUT2D eigenvalue weighted by Crippen LogP contribution is -2.46. The van der Waals surface area contributed by atoms with Crippen LogP contribution < -0.4 is 10.6 Å². The molecule has 0 saturated carbocycles. The van der Waals surface area contributed by atoms with Crippen LogP contribution in [0.15, 0.2) is 42.5 Å². The Labute approximate surface area is 182 Å². The standard InChI is InChI=1S/C24H30N4OS/c1-16(2)25-20-10-12-28(13-11-20)15-23(29)26-19-7-5-18(6-8-19)24-27-21-9-4-17(3)14-22(21)30-24/h4-9,14,16,20,25H,10-13,15H2,1-3H3,(H,26,29). The van der Waals surface area contributed by atoms with E-state index < -0.39 is 0 Å². The molecule has 1 amide bonds. The molecule has 4 rings (SSSR count). The average Bonchev–Trinajstić information content (AvgIpc) is 3.13. The molecule has 2 N–H and O–H groups in total. The van der Waals surface area contributed by atoms with Crippen LogP contribution in [0.5, 0.6) is 0 Å². The van der Waals surface area contributed by atoms with E-state index in [4.69, 9.17) is 4.98 Å². The Bertz CT molecular complexity index is 1000. The van der Waals surface area contributed by atoms with E-state index in [1.165, 1.54) is 10.3 Å². The quantitative estimate of drug-likeness (QED) is 0.606. The van der Waals surface area contributed by atoms with Gasteiger partial charge in [-0.15, -0.1) is 11.3 Å². The second-order valence-electron chi connectivity index (χ2n) is 8.49. The zero-order valence-corrected chi connectivity index (χ0v) is 18.8. The summed E-state index contributed by atoms with van der Waals surface area (Å²) in [7, 11) is 0. The number of carbonyl (C=O) groups excluding carboxylic acids is 1. The first-order chi connectivity index (χ1) is 14.5. The Morgan fingerprint density at radius 3 is 2.60 bits per heavy atom. The van der Waals surface area contributed by atoms with Crippen molar-refractivity contribution < 1.29 is 4.79 Å². The van der Waals surface area contributed by atoms with Crippen LogP contribution in [0.1, 0.15) is 32.3 Å². The molecule has 0 radical (unpaired) electrons. The van der Waals surface area contributed by atoms with Crippen LogP contribution in [-0.2, 0) is 4.79 Å².